The SMILES string of the molecule is Cc1ccc(C(=O)Nc2ccc(C(=O)N/N=C\[C@@H]3C(=O)NC(=O)N(c4cccc(C)c4)C3=O)cc2)cc1. The van der Waals surface area contributed by atoms with Crippen molar-refractivity contribution in [1.29, 1.82) is 0 Å². The van der Waals surface area contributed by atoms with Gasteiger partial charge in [-0.3, -0.25) is 24.5 Å². The molecule has 0 saturated carbocycles. The fourth-order valence-electron chi connectivity index (χ4n) is 3.58. The van der Waals surface area contributed by atoms with Crippen LogP contribution in [0.15, 0.2) is 77.9 Å². The van der Waals surface area contributed by atoms with Crippen molar-refractivity contribution in [2.45, 2.75) is 13.8 Å². The lowest BCUT2D eigenvalue weighted by Gasteiger charge is -2.28. The van der Waals surface area contributed by atoms with E-state index in [0.29, 0.717) is 16.9 Å². The number of hydrogen-bond donors (Lipinski definition) is 3. The average molecular weight is 498 g/mol. The number of benzene rings is 3. The zero-order chi connectivity index (χ0) is 26.5. The van der Waals surface area contributed by atoms with Crippen LogP contribution in [-0.4, -0.2) is 35.9 Å². The highest BCUT2D eigenvalue weighted by Gasteiger charge is 2.40. The van der Waals surface area contributed by atoms with Crippen LogP contribution < -0.4 is 21.0 Å². The molecule has 186 valence electrons. The third kappa shape index (κ3) is 5.76. The molecular weight excluding hydrogens is 474 g/mol. The summed E-state index contributed by atoms with van der Waals surface area (Å²) in [5.74, 6) is -3.91. The number of hydrazone groups is 1. The minimum atomic E-state index is -1.40. The zero-order valence-corrected chi connectivity index (χ0v) is 20.0. The molecule has 1 saturated heterocycles. The first-order valence-electron chi connectivity index (χ1n) is 11.3. The Bertz CT molecular complexity index is 1410. The lowest BCUT2D eigenvalue weighted by atomic mass is 10.1. The van der Waals surface area contributed by atoms with Gasteiger partial charge < -0.3 is 5.32 Å². The molecule has 0 bridgehead atoms. The number of barbiturate groups is 1. The molecule has 0 radical (unpaired) electrons. The number of hydrogen-bond acceptors (Lipinski definition) is 6. The molecule has 1 aliphatic rings. The lowest BCUT2D eigenvalue weighted by molar-refractivity contribution is -0.131. The molecule has 0 spiro atoms. The van der Waals surface area contributed by atoms with E-state index in [1.54, 1.807) is 55.5 Å². The predicted molar refractivity (Wildman–Crippen MR) is 137 cm³/mol. The van der Waals surface area contributed by atoms with Crippen LogP contribution in [0.5, 0.6) is 0 Å². The number of carbonyl (C=O) groups excluding carboxylic acids is 5. The van der Waals surface area contributed by atoms with E-state index in [0.717, 1.165) is 22.2 Å². The van der Waals surface area contributed by atoms with Crippen molar-refractivity contribution in [2.24, 2.45) is 11.0 Å². The highest BCUT2D eigenvalue weighted by Crippen LogP contribution is 2.21. The summed E-state index contributed by atoms with van der Waals surface area (Å²) in [6, 6.07) is 19.1. The molecule has 4 rings (SSSR count). The Kier molecular flexibility index (Phi) is 7.19. The van der Waals surface area contributed by atoms with Gasteiger partial charge in [-0.15, -0.1) is 0 Å². The van der Waals surface area contributed by atoms with Gasteiger partial charge in [0.15, 0.2) is 5.92 Å². The Morgan fingerprint density at radius 2 is 1.51 bits per heavy atom. The fourth-order valence-corrected chi connectivity index (χ4v) is 3.58. The topological polar surface area (TPSA) is 137 Å². The van der Waals surface area contributed by atoms with Crippen molar-refractivity contribution >= 4 is 47.2 Å². The van der Waals surface area contributed by atoms with E-state index in [1.165, 1.54) is 12.1 Å². The number of rotatable bonds is 6. The van der Waals surface area contributed by atoms with Crippen LogP contribution in [0.1, 0.15) is 31.8 Å². The Morgan fingerprint density at radius 3 is 2.19 bits per heavy atom. The van der Waals surface area contributed by atoms with Crippen LogP contribution in [0.3, 0.4) is 0 Å². The maximum atomic E-state index is 12.9. The summed E-state index contributed by atoms with van der Waals surface area (Å²) in [7, 11) is 0. The van der Waals surface area contributed by atoms with Crippen molar-refractivity contribution < 1.29 is 24.0 Å². The second-order valence-corrected chi connectivity index (χ2v) is 8.40. The highest BCUT2D eigenvalue weighted by molar-refractivity contribution is 6.32. The minimum Gasteiger partial charge on any atom is -0.322 e. The number of carbonyl (C=O) groups is 5. The van der Waals surface area contributed by atoms with Gasteiger partial charge in [0.1, 0.15) is 0 Å². The second-order valence-electron chi connectivity index (χ2n) is 8.40. The summed E-state index contributed by atoms with van der Waals surface area (Å²) in [6.07, 6.45) is 0.973. The predicted octanol–water partition coefficient (Wildman–Crippen LogP) is 3.17. The van der Waals surface area contributed by atoms with E-state index in [-0.39, 0.29) is 11.5 Å². The third-order valence-corrected chi connectivity index (χ3v) is 5.57. The number of urea groups is 1. The highest BCUT2D eigenvalue weighted by atomic mass is 16.2. The molecule has 1 atom stereocenters. The first-order chi connectivity index (χ1) is 17.7. The van der Waals surface area contributed by atoms with Crippen molar-refractivity contribution in [2.75, 3.05) is 10.2 Å². The maximum Gasteiger partial charge on any atom is 0.335 e. The van der Waals surface area contributed by atoms with E-state index >= 15 is 0 Å². The second kappa shape index (κ2) is 10.6. The van der Waals surface area contributed by atoms with Crippen molar-refractivity contribution in [3.8, 4) is 0 Å². The van der Waals surface area contributed by atoms with Gasteiger partial charge in [-0.05, 0) is 67.9 Å². The van der Waals surface area contributed by atoms with Gasteiger partial charge in [-0.2, -0.15) is 5.10 Å². The summed E-state index contributed by atoms with van der Waals surface area (Å²) in [4.78, 5) is 63.0. The van der Waals surface area contributed by atoms with Gasteiger partial charge in [0.25, 0.3) is 17.7 Å². The van der Waals surface area contributed by atoms with Crippen LogP contribution in [0.25, 0.3) is 0 Å². The summed E-state index contributed by atoms with van der Waals surface area (Å²) >= 11 is 0. The number of anilines is 2. The molecule has 6 amide bonds. The molecule has 1 heterocycles. The van der Waals surface area contributed by atoms with Gasteiger partial charge in [0, 0.05) is 23.0 Å². The zero-order valence-electron chi connectivity index (χ0n) is 20.0. The first-order valence-corrected chi connectivity index (χ1v) is 11.3. The summed E-state index contributed by atoms with van der Waals surface area (Å²) in [5, 5.41) is 8.62. The molecule has 10 nitrogen and oxygen atoms in total. The average Bonchev–Trinajstić information content (AvgIpc) is 2.86. The van der Waals surface area contributed by atoms with Crippen LogP contribution in [0, 0.1) is 19.8 Å². The molecule has 0 aliphatic carbocycles. The van der Waals surface area contributed by atoms with Gasteiger partial charge >= 0.3 is 6.03 Å². The molecule has 3 aromatic rings. The molecule has 10 heteroatoms. The molecule has 1 fully saturated rings. The number of amides is 6. The molecular formula is C27H23N5O5. The lowest BCUT2D eigenvalue weighted by Crippen LogP contribution is -2.58. The largest absolute Gasteiger partial charge is 0.335 e. The number of nitrogens with one attached hydrogen (secondary N) is 3. The van der Waals surface area contributed by atoms with Gasteiger partial charge in [-0.25, -0.2) is 15.1 Å². The number of nitrogens with zero attached hydrogens (tertiary/aromatic N) is 2. The standard InChI is InChI=1S/C27H23N5O5/c1-16-6-8-18(9-7-16)23(33)29-20-12-10-19(11-13-20)24(34)31-28-15-22-25(35)30-27(37)32(26(22)36)21-5-3-4-17(2)14-21/h3-15,22H,1-2H3,(H,29,33)(H,31,34)(H,30,35,37)/b28-15-/t22-/m1/s1. The Labute approximate surface area is 212 Å². The van der Waals surface area contributed by atoms with E-state index in [9.17, 15) is 24.0 Å². The van der Waals surface area contributed by atoms with Crippen molar-refractivity contribution in [3.05, 3.63) is 95.1 Å². The molecule has 0 aromatic heterocycles. The molecule has 3 aromatic carbocycles. The van der Waals surface area contributed by atoms with Crippen LogP contribution >= 0.6 is 0 Å². The number of aryl methyl sites for hydroxylation is 2. The van der Waals surface area contributed by atoms with Gasteiger partial charge in [-0.1, -0.05) is 29.8 Å². The smallest absolute Gasteiger partial charge is 0.322 e. The Balaban J connectivity index is 1.38. The van der Waals surface area contributed by atoms with Crippen LogP contribution in [-0.2, 0) is 9.59 Å². The fraction of sp³-hybridized carbons (Fsp3) is 0.111. The van der Waals surface area contributed by atoms with E-state index in [4.69, 9.17) is 0 Å². The van der Waals surface area contributed by atoms with E-state index < -0.39 is 29.7 Å². The van der Waals surface area contributed by atoms with Crippen LogP contribution in [0.4, 0.5) is 16.2 Å². The van der Waals surface area contributed by atoms with Gasteiger partial charge in [0.2, 0.25) is 5.91 Å². The summed E-state index contributed by atoms with van der Waals surface area (Å²) in [5.41, 5.74) is 5.68. The summed E-state index contributed by atoms with van der Waals surface area (Å²) in [6.45, 7) is 3.73. The van der Waals surface area contributed by atoms with Crippen LogP contribution in [0.2, 0.25) is 0 Å². The third-order valence-electron chi connectivity index (χ3n) is 5.57. The van der Waals surface area contributed by atoms with E-state index in [2.05, 4.69) is 21.2 Å². The Hall–Kier alpha value is -5.12. The molecule has 1 aliphatic heterocycles. The maximum absolute atomic E-state index is 12.9. The molecule has 3 N–H and O–H groups in total. The van der Waals surface area contributed by atoms with Crippen molar-refractivity contribution in [1.82, 2.24) is 10.7 Å². The molecule has 0 unspecified atom stereocenters. The quantitative estimate of drug-likeness (QED) is 0.273. The number of imide groups is 2. The molecule has 37 heavy (non-hydrogen) atoms. The monoisotopic (exact) mass is 497 g/mol. The minimum absolute atomic E-state index is 0.237. The Morgan fingerprint density at radius 1 is 0.865 bits per heavy atom. The normalized spacial score (nSPS) is 15.5. The van der Waals surface area contributed by atoms with Gasteiger partial charge in [0.05, 0.1) is 5.69 Å². The van der Waals surface area contributed by atoms with E-state index in [1.807, 2.05) is 19.1 Å². The first kappa shape index (κ1) is 25.0. The van der Waals surface area contributed by atoms with Crippen molar-refractivity contribution in [3.63, 3.8) is 0 Å². The summed E-state index contributed by atoms with van der Waals surface area (Å²) < 4.78 is 0.